The van der Waals surface area contributed by atoms with Crippen LogP contribution in [0.15, 0.2) is 34.9 Å². The third-order valence-corrected chi connectivity index (χ3v) is 3.36. The highest BCUT2D eigenvalue weighted by molar-refractivity contribution is 5.65. The number of rotatable bonds is 3. The van der Waals surface area contributed by atoms with Gasteiger partial charge in [0.1, 0.15) is 11.3 Å². The zero-order valence-corrected chi connectivity index (χ0v) is 12.6. The molecule has 0 N–H and O–H groups in total. The summed E-state index contributed by atoms with van der Waals surface area (Å²) in [5.74, 6) is -6.86. The predicted octanol–water partition coefficient (Wildman–Crippen LogP) is 4.03. The Balaban J connectivity index is 2.16. The molecule has 0 spiro atoms. The van der Waals surface area contributed by atoms with Gasteiger partial charge in [-0.3, -0.25) is 0 Å². The molecule has 0 fully saturated rings. The Labute approximate surface area is 134 Å². The topological polar surface area (TPSA) is 42.2 Å². The molecule has 0 saturated carbocycles. The summed E-state index contributed by atoms with van der Waals surface area (Å²) in [6.07, 6.45) is 0. The van der Waals surface area contributed by atoms with Gasteiger partial charge in [-0.25, -0.2) is 17.6 Å². The van der Waals surface area contributed by atoms with E-state index in [9.17, 15) is 17.6 Å². The van der Waals surface area contributed by atoms with E-state index in [4.69, 9.17) is 4.52 Å². The van der Waals surface area contributed by atoms with E-state index in [2.05, 4.69) is 10.1 Å². The average molecular weight is 337 g/mol. The molecule has 0 aliphatic heterocycles. The van der Waals surface area contributed by atoms with Crippen molar-refractivity contribution in [3.63, 3.8) is 0 Å². The second kappa shape index (κ2) is 5.95. The molecule has 3 aromatic rings. The lowest BCUT2D eigenvalue weighted by Crippen LogP contribution is -2.16. The molecule has 1 heterocycles. The number of nitrogens with zero attached hydrogens (tertiary/aromatic N) is 3. The van der Waals surface area contributed by atoms with Crippen LogP contribution < -0.4 is 4.90 Å². The van der Waals surface area contributed by atoms with Gasteiger partial charge in [0.2, 0.25) is 5.82 Å². The van der Waals surface area contributed by atoms with Gasteiger partial charge in [-0.2, -0.15) is 4.98 Å². The second-order valence-electron chi connectivity index (χ2n) is 5.16. The lowest BCUT2D eigenvalue weighted by atomic mass is 10.1. The zero-order valence-electron chi connectivity index (χ0n) is 12.6. The maximum Gasteiger partial charge on any atom is 0.264 e. The Hall–Kier alpha value is -2.90. The van der Waals surface area contributed by atoms with E-state index in [1.165, 1.54) is 14.1 Å². The molecule has 0 amide bonds. The summed E-state index contributed by atoms with van der Waals surface area (Å²) in [5.41, 5.74) is -1.33. The Morgan fingerprint density at radius 3 is 2.00 bits per heavy atom. The molecule has 0 atom stereocenters. The predicted molar refractivity (Wildman–Crippen MR) is 79.3 cm³/mol. The van der Waals surface area contributed by atoms with Crippen LogP contribution in [0.2, 0.25) is 0 Å². The Bertz CT molecular complexity index is 865. The van der Waals surface area contributed by atoms with Gasteiger partial charge in [0.05, 0.1) is 0 Å². The monoisotopic (exact) mass is 337 g/mol. The fraction of sp³-hybridized carbons (Fsp3) is 0.125. The molecular formula is C16H11F4N3O. The minimum atomic E-state index is -1.60. The number of halogens is 4. The molecular weight excluding hydrogens is 326 g/mol. The molecule has 124 valence electrons. The number of hydrogen-bond donors (Lipinski definition) is 0. The summed E-state index contributed by atoms with van der Waals surface area (Å²) >= 11 is 0. The van der Waals surface area contributed by atoms with Crippen molar-refractivity contribution >= 4 is 5.69 Å². The second-order valence-corrected chi connectivity index (χ2v) is 5.16. The number of anilines is 1. The van der Waals surface area contributed by atoms with E-state index in [1.54, 1.807) is 30.3 Å². The van der Waals surface area contributed by atoms with Gasteiger partial charge in [-0.05, 0) is 0 Å². The Kier molecular flexibility index (Phi) is 3.96. The van der Waals surface area contributed by atoms with Crippen LogP contribution in [0.3, 0.4) is 0 Å². The molecule has 2 aromatic carbocycles. The smallest absolute Gasteiger partial charge is 0.264 e. The summed E-state index contributed by atoms with van der Waals surface area (Å²) in [6, 6.07) is 8.47. The molecule has 0 radical (unpaired) electrons. The fourth-order valence-electron chi connectivity index (χ4n) is 2.23. The maximum atomic E-state index is 14.2. The van der Waals surface area contributed by atoms with Crippen molar-refractivity contribution in [2.24, 2.45) is 0 Å². The maximum absolute atomic E-state index is 14.2. The molecule has 0 bridgehead atoms. The van der Waals surface area contributed by atoms with Crippen molar-refractivity contribution in [1.82, 2.24) is 10.1 Å². The third-order valence-electron chi connectivity index (χ3n) is 3.36. The molecule has 3 rings (SSSR count). The molecule has 0 saturated heterocycles. The van der Waals surface area contributed by atoms with Gasteiger partial charge in [-0.15, -0.1) is 0 Å². The molecule has 24 heavy (non-hydrogen) atoms. The van der Waals surface area contributed by atoms with Crippen molar-refractivity contribution in [2.75, 3.05) is 19.0 Å². The van der Waals surface area contributed by atoms with Gasteiger partial charge in [0.15, 0.2) is 23.3 Å². The van der Waals surface area contributed by atoms with Crippen LogP contribution in [0.5, 0.6) is 0 Å². The first kappa shape index (κ1) is 16.0. The number of aromatic nitrogens is 2. The highest BCUT2D eigenvalue weighted by Crippen LogP contribution is 2.35. The standard InChI is InChI=1S/C16H11F4N3O/c1-23(2)14-12(19)10(17)9(11(18)13(14)20)16-21-15(22-24-16)8-6-4-3-5-7-8/h3-7H,1-2H3. The highest BCUT2D eigenvalue weighted by Gasteiger charge is 2.30. The van der Waals surface area contributed by atoms with Gasteiger partial charge in [0.25, 0.3) is 5.89 Å². The van der Waals surface area contributed by atoms with Crippen LogP contribution in [-0.4, -0.2) is 24.2 Å². The molecule has 4 nitrogen and oxygen atoms in total. The van der Waals surface area contributed by atoms with Crippen LogP contribution in [0.1, 0.15) is 0 Å². The minimum absolute atomic E-state index is 0.0434. The fourth-order valence-corrected chi connectivity index (χ4v) is 2.23. The van der Waals surface area contributed by atoms with Gasteiger partial charge in [0, 0.05) is 19.7 Å². The van der Waals surface area contributed by atoms with Gasteiger partial charge < -0.3 is 9.42 Å². The van der Waals surface area contributed by atoms with E-state index in [1.807, 2.05) is 0 Å². The average Bonchev–Trinajstić information content (AvgIpc) is 3.03. The molecule has 1 aromatic heterocycles. The Morgan fingerprint density at radius 2 is 1.46 bits per heavy atom. The number of benzene rings is 2. The van der Waals surface area contributed by atoms with Crippen molar-refractivity contribution in [3.8, 4) is 22.8 Å². The van der Waals surface area contributed by atoms with E-state index in [-0.39, 0.29) is 5.82 Å². The summed E-state index contributed by atoms with van der Waals surface area (Å²) in [4.78, 5) is 4.76. The summed E-state index contributed by atoms with van der Waals surface area (Å²) in [6.45, 7) is 0. The van der Waals surface area contributed by atoms with Crippen molar-refractivity contribution in [1.29, 1.82) is 0 Å². The lowest BCUT2D eigenvalue weighted by molar-refractivity contribution is 0.414. The van der Waals surface area contributed by atoms with Crippen molar-refractivity contribution in [3.05, 3.63) is 53.6 Å². The summed E-state index contributed by atoms with van der Waals surface area (Å²) in [5, 5.41) is 3.59. The quantitative estimate of drug-likeness (QED) is 0.535. The van der Waals surface area contributed by atoms with Crippen LogP contribution in [0.4, 0.5) is 23.2 Å². The molecule has 8 heteroatoms. The van der Waals surface area contributed by atoms with Crippen LogP contribution >= 0.6 is 0 Å². The first-order chi connectivity index (χ1) is 11.4. The Morgan fingerprint density at radius 1 is 0.875 bits per heavy atom. The van der Waals surface area contributed by atoms with Gasteiger partial charge >= 0.3 is 0 Å². The summed E-state index contributed by atoms with van der Waals surface area (Å²) < 4.78 is 61.4. The summed E-state index contributed by atoms with van der Waals surface area (Å²) in [7, 11) is 2.53. The lowest BCUT2D eigenvalue weighted by Gasteiger charge is -2.16. The van der Waals surface area contributed by atoms with Crippen molar-refractivity contribution in [2.45, 2.75) is 0 Å². The van der Waals surface area contributed by atoms with Crippen LogP contribution in [0.25, 0.3) is 22.8 Å². The number of hydrogen-bond acceptors (Lipinski definition) is 4. The van der Waals surface area contributed by atoms with Gasteiger partial charge in [-0.1, -0.05) is 35.5 Å². The normalized spacial score (nSPS) is 10.9. The molecule has 0 aliphatic rings. The molecule has 0 unspecified atom stereocenters. The zero-order chi connectivity index (χ0) is 17.4. The van der Waals surface area contributed by atoms with E-state index in [0.717, 1.165) is 4.90 Å². The van der Waals surface area contributed by atoms with E-state index < -0.39 is 40.4 Å². The highest BCUT2D eigenvalue weighted by atomic mass is 19.2. The minimum Gasteiger partial charge on any atom is -0.373 e. The van der Waals surface area contributed by atoms with Crippen molar-refractivity contribution < 1.29 is 22.1 Å². The first-order valence-corrected chi connectivity index (χ1v) is 6.84. The van der Waals surface area contributed by atoms with Crippen LogP contribution in [-0.2, 0) is 0 Å². The van der Waals surface area contributed by atoms with E-state index >= 15 is 0 Å². The largest absolute Gasteiger partial charge is 0.373 e. The third kappa shape index (κ3) is 2.49. The van der Waals surface area contributed by atoms with Crippen LogP contribution in [0, 0.1) is 23.3 Å². The first-order valence-electron chi connectivity index (χ1n) is 6.84. The SMILES string of the molecule is CN(C)c1c(F)c(F)c(-c2nc(-c3ccccc3)no2)c(F)c1F. The van der Waals surface area contributed by atoms with E-state index in [0.29, 0.717) is 5.56 Å². The molecule has 0 aliphatic carbocycles.